The number of nitrogens with one attached hydrogen (secondary N) is 2. The van der Waals surface area contributed by atoms with E-state index in [1.165, 1.54) is 0 Å². The number of amides is 1. The molecule has 1 fully saturated rings. The fraction of sp³-hybridized carbons (Fsp3) is 0.643. The molecule has 0 radical (unpaired) electrons. The number of rotatable bonds is 5. The number of carbonyl (C=O) groups is 1. The molecule has 116 valence electrons. The highest BCUT2D eigenvalue weighted by Gasteiger charge is 2.27. The number of anilines is 2. The number of piperidine rings is 1. The quantitative estimate of drug-likeness (QED) is 0.845. The summed E-state index contributed by atoms with van der Waals surface area (Å²) < 4.78 is 0.871. The van der Waals surface area contributed by atoms with Crippen molar-refractivity contribution in [1.82, 2.24) is 15.3 Å². The van der Waals surface area contributed by atoms with Crippen LogP contribution in [0.3, 0.4) is 0 Å². The Labute approximate surface area is 133 Å². The van der Waals surface area contributed by atoms with Crippen molar-refractivity contribution in [2.45, 2.75) is 26.2 Å². The summed E-state index contributed by atoms with van der Waals surface area (Å²) in [6, 6.07) is 0. The summed E-state index contributed by atoms with van der Waals surface area (Å²) in [4.78, 5) is 22.7. The minimum absolute atomic E-state index is 0.0256. The Morgan fingerprint density at radius 2 is 2.33 bits per heavy atom. The van der Waals surface area contributed by atoms with Gasteiger partial charge in [0.05, 0.1) is 5.92 Å². The van der Waals surface area contributed by atoms with Crippen molar-refractivity contribution >= 4 is 33.5 Å². The van der Waals surface area contributed by atoms with Crippen LogP contribution in [0.4, 0.5) is 11.6 Å². The minimum atomic E-state index is 0.0256. The maximum atomic E-state index is 11.8. The zero-order valence-corrected chi connectivity index (χ0v) is 14.1. The van der Waals surface area contributed by atoms with Crippen molar-refractivity contribution in [3.63, 3.8) is 0 Å². The van der Waals surface area contributed by atoms with E-state index in [1.54, 1.807) is 13.4 Å². The number of hydrogen-bond acceptors (Lipinski definition) is 5. The molecular formula is C14H22BrN5O. The van der Waals surface area contributed by atoms with Crippen LogP contribution in [0.2, 0.25) is 0 Å². The molecule has 21 heavy (non-hydrogen) atoms. The number of nitrogens with zero attached hydrogens (tertiary/aromatic N) is 3. The molecule has 1 atom stereocenters. The monoisotopic (exact) mass is 355 g/mol. The van der Waals surface area contributed by atoms with Gasteiger partial charge < -0.3 is 15.5 Å². The molecule has 1 aromatic rings. The van der Waals surface area contributed by atoms with Gasteiger partial charge in [0, 0.05) is 26.7 Å². The first-order chi connectivity index (χ1) is 10.2. The molecule has 1 saturated heterocycles. The third-order valence-electron chi connectivity index (χ3n) is 3.65. The predicted molar refractivity (Wildman–Crippen MR) is 87.5 cm³/mol. The lowest BCUT2D eigenvalue weighted by Gasteiger charge is -2.33. The van der Waals surface area contributed by atoms with Crippen LogP contribution in [-0.2, 0) is 4.79 Å². The van der Waals surface area contributed by atoms with Crippen LogP contribution >= 0.6 is 15.9 Å². The van der Waals surface area contributed by atoms with Gasteiger partial charge in [-0.15, -0.1) is 0 Å². The van der Waals surface area contributed by atoms with Crippen molar-refractivity contribution in [3.8, 4) is 0 Å². The highest BCUT2D eigenvalue weighted by Crippen LogP contribution is 2.32. The largest absolute Gasteiger partial charge is 0.369 e. The third-order valence-corrected chi connectivity index (χ3v) is 4.38. The number of carbonyl (C=O) groups excluding carboxylic acids is 1. The van der Waals surface area contributed by atoms with Gasteiger partial charge in [0.25, 0.3) is 0 Å². The van der Waals surface area contributed by atoms with Gasteiger partial charge >= 0.3 is 0 Å². The zero-order valence-electron chi connectivity index (χ0n) is 12.5. The predicted octanol–water partition coefficient (Wildman–Crippen LogP) is 2.02. The zero-order chi connectivity index (χ0) is 15.2. The molecule has 2 N–H and O–H groups in total. The van der Waals surface area contributed by atoms with Gasteiger partial charge in [-0.2, -0.15) is 0 Å². The second-order valence-corrected chi connectivity index (χ2v) is 5.98. The molecule has 0 bridgehead atoms. The number of aromatic nitrogens is 2. The Hall–Kier alpha value is -1.37. The first kappa shape index (κ1) is 16.0. The van der Waals surface area contributed by atoms with Gasteiger partial charge in [-0.25, -0.2) is 9.97 Å². The number of hydrogen-bond donors (Lipinski definition) is 2. The average molecular weight is 356 g/mol. The van der Waals surface area contributed by atoms with Crippen molar-refractivity contribution in [1.29, 1.82) is 0 Å². The summed E-state index contributed by atoms with van der Waals surface area (Å²) >= 11 is 3.59. The van der Waals surface area contributed by atoms with Crippen LogP contribution in [-0.4, -0.2) is 42.6 Å². The summed E-state index contributed by atoms with van der Waals surface area (Å²) in [5, 5.41) is 6.02. The maximum Gasteiger partial charge on any atom is 0.224 e. The molecule has 7 heteroatoms. The van der Waals surface area contributed by atoms with E-state index in [9.17, 15) is 4.79 Å². The normalized spacial score (nSPS) is 18.4. The van der Waals surface area contributed by atoms with E-state index in [-0.39, 0.29) is 11.8 Å². The molecule has 1 aromatic heterocycles. The Bertz CT molecular complexity index is 496. The average Bonchev–Trinajstić information content (AvgIpc) is 2.53. The molecule has 2 heterocycles. The summed E-state index contributed by atoms with van der Waals surface area (Å²) in [5.41, 5.74) is 0. The Morgan fingerprint density at radius 3 is 3.05 bits per heavy atom. The van der Waals surface area contributed by atoms with Gasteiger partial charge in [0.15, 0.2) is 0 Å². The van der Waals surface area contributed by atoms with Gasteiger partial charge in [-0.1, -0.05) is 6.92 Å². The van der Waals surface area contributed by atoms with E-state index in [0.29, 0.717) is 6.54 Å². The fourth-order valence-corrected chi connectivity index (χ4v) is 3.13. The molecule has 0 saturated carbocycles. The smallest absolute Gasteiger partial charge is 0.224 e. The van der Waals surface area contributed by atoms with Crippen molar-refractivity contribution in [2.24, 2.45) is 5.92 Å². The lowest BCUT2D eigenvalue weighted by Crippen LogP contribution is -2.42. The molecule has 0 aliphatic carbocycles. The topological polar surface area (TPSA) is 70.2 Å². The first-order valence-corrected chi connectivity index (χ1v) is 8.17. The summed E-state index contributed by atoms with van der Waals surface area (Å²) in [6.07, 6.45) is 4.53. The van der Waals surface area contributed by atoms with E-state index in [4.69, 9.17) is 0 Å². The molecule has 6 nitrogen and oxygen atoms in total. The van der Waals surface area contributed by atoms with Gasteiger partial charge in [-0.3, -0.25) is 4.79 Å². The van der Waals surface area contributed by atoms with E-state index in [2.05, 4.69) is 48.4 Å². The van der Waals surface area contributed by atoms with Gasteiger partial charge in [0.2, 0.25) is 5.91 Å². The van der Waals surface area contributed by atoms with E-state index < -0.39 is 0 Å². The molecule has 2 rings (SSSR count). The van der Waals surface area contributed by atoms with E-state index in [1.807, 2.05) is 0 Å². The Kier molecular flexibility index (Phi) is 5.78. The van der Waals surface area contributed by atoms with Crippen molar-refractivity contribution < 1.29 is 4.79 Å². The molecule has 1 unspecified atom stereocenters. The second kappa shape index (κ2) is 7.59. The standard InChI is InChI=1S/C14H22BrN5O/c1-3-6-17-12-11(15)13(19-9-18-12)20-7-4-5-10(8-20)14(21)16-2/h9-10H,3-8H2,1-2H3,(H,16,21)(H,17,18,19). The Balaban J connectivity index is 2.15. The van der Waals surface area contributed by atoms with Crippen LogP contribution in [0.5, 0.6) is 0 Å². The molecule has 0 aromatic carbocycles. The molecule has 1 aliphatic heterocycles. The van der Waals surface area contributed by atoms with Crippen LogP contribution < -0.4 is 15.5 Å². The molecular weight excluding hydrogens is 334 g/mol. The lowest BCUT2D eigenvalue weighted by molar-refractivity contribution is -0.124. The van der Waals surface area contributed by atoms with Crippen LogP contribution in [0.15, 0.2) is 10.8 Å². The lowest BCUT2D eigenvalue weighted by atomic mass is 9.97. The maximum absolute atomic E-state index is 11.8. The first-order valence-electron chi connectivity index (χ1n) is 7.38. The summed E-state index contributed by atoms with van der Waals surface area (Å²) in [7, 11) is 1.69. The molecule has 1 aliphatic rings. The number of halogens is 1. The SMILES string of the molecule is CCCNc1ncnc(N2CCCC(C(=O)NC)C2)c1Br. The summed E-state index contributed by atoms with van der Waals surface area (Å²) in [6.45, 7) is 4.59. The van der Waals surface area contributed by atoms with Crippen molar-refractivity contribution in [3.05, 3.63) is 10.8 Å². The molecule has 1 amide bonds. The van der Waals surface area contributed by atoms with Gasteiger partial charge in [-0.05, 0) is 35.2 Å². The minimum Gasteiger partial charge on any atom is -0.369 e. The highest BCUT2D eigenvalue weighted by molar-refractivity contribution is 9.10. The Morgan fingerprint density at radius 1 is 1.52 bits per heavy atom. The van der Waals surface area contributed by atoms with Gasteiger partial charge in [0.1, 0.15) is 22.4 Å². The third kappa shape index (κ3) is 3.84. The van der Waals surface area contributed by atoms with Crippen LogP contribution in [0.25, 0.3) is 0 Å². The highest BCUT2D eigenvalue weighted by atomic mass is 79.9. The van der Waals surface area contributed by atoms with E-state index >= 15 is 0 Å². The fourth-order valence-electron chi connectivity index (χ4n) is 2.54. The molecule has 0 spiro atoms. The summed E-state index contributed by atoms with van der Waals surface area (Å²) in [5.74, 6) is 1.80. The second-order valence-electron chi connectivity index (χ2n) is 5.19. The van der Waals surface area contributed by atoms with E-state index in [0.717, 1.165) is 48.5 Å². The van der Waals surface area contributed by atoms with Crippen molar-refractivity contribution in [2.75, 3.05) is 36.9 Å². The van der Waals surface area contributed by atoms with Crippen LogP contribution in [0, 0.1) is 5.92 Å². The van der Waals surface area contributed by atoms with Crippen LogP contribution in [0.1, 0.15) is 26.2 Å².